The van der Waals surface area contributed by atoms with Gasteiger partial charge in [0.2, 0.25) is 5.91 Å². The average molecular weight is 276 g/mol. The molecule has 0 aromatic carbocycles. The molecule has 0 fully saturated rings. The molecule has 20 heavy (non-hydrogen) atoms. The Morgan fingerprint density at radius 2 is 2.20 bits per heavy atom. The Morgan fingerprint density at radius 3 is 2.90 bits per heavy atom. The van der Waals surface area contributed by atoms with Crippen molar-refractivity contribution in [3.05, 3.63) is 42.7 Å². The molecule has 2 heterocycles. The lowest BCUT2D eigenvalue weighted by molar-refractivity contribution is -0.121. The summed E-state index contributed by atoms with van der Waals surface area (Å²) in [5.74, 6) is -1.24. The maximum atomic E-state index is 11.7. The van der Waals surface area contributed by atoms with E-state index in [-0.39, 0.29) is 18.1 Å². The maximum Gasteiger partial charge on any atom is 0.352 e. The Labute approximate surface area is 115 Å². The van der Waals surface area contributed by atoms with Gasteiger partial charge in [-0.1, -0.05) is 0 Å². The van der Waals surface area contributed by atoms with E-state index >= 15 is 0 Å². The van der Waals surface area contributed by atoms with Crippen molar-refractivity contribution < 1.29 is 14.7 Å². The van der Waals surface area contributed by atoms with Crippen molar-refractivity contribution >= 4 is 11.9 Å². The molecule has 0 unspecified atom stereocenters. The highest BCUT2D eigenvalue weighted by atomic mass is 16.4. The molecule has 0 radical (unpaired) electrons. The minimum atomic E-state index is -1.04. The molecule has 2 rings (SSSR count). The highest BCUT2D eigenvalue weighted by Gasteiger charge is 2.11. The van der Waals surface area contributed by atoms with E-state index in [0.717, 1.165) is 13.0 Å². The summed E-state index contributed by atoms with van der Waals surface area (Å²) in [5, 5.41) is 11.7. The number of imidazole rings is 1. The minimum Gasteiger partial charge on any atom is -0.477 e. The van der Waals surface area contributed by atoms with Crippen LogP contribution in [-0.2, 0) is 17.9 Å². The smallest absolute Gasteiger partial charge is 0.352 e. The van der Waals surface area contributed by atoms with Gasteiger partial charge in [-0.05, 0) is 18.6 Å². The van der Waals surface area contributed by atoms with Gasteiger partial charge in [0.05, 0.1) is 6.33 Å². The minimum absolute atomic E-state index is 0.0136. The van der Waals surface area contributed by atoms with Crippen molar-refractivity contribution in [2.75, 3.05) is 6.54 Å². The normalized spacial score (nSPS) is 10.4. The third-order valence-electron chi connectivity index (χ3n) is 2.84. The standard InChI is InChI=1S/C13H16N4O3/c18-12(9-17-7-1-3-11(17)13(19)20)15-4-2-6-16-8-5-14-10-16/h1,3,5,7-8,10H,2,4,6,9H2,(H,15,18)(H,19,20). The highest BCUT2D eigenvalue weighted by Crippen LogP contribution is 2.01. The van der Waals surface area contributed by atoms with Crippen molar-refractivity contribution in [1.82, 2.24) is 19.4 Å². The highest BCUT2D eigenvalue weighted by molar-refractivity contribution is 5.86. The number of carboxylic acids is 1. The maximum absolute atomic E-state index is 11.7. The number of aryl methyl sites for hydroxylation is 1. The molecular formula is C13H16N4O3. The summed E-state index contributed by atoms with van der Waals surface area (Å²) in [6.07, 6.45) is 7.66. The van der Waals surface area contributed by atoms with Crippen LogP contribution in [0.4, 0.5) is 0 Å². The van der Waals surface area contributed by atoms with Crippen molar-refractivity contribution in [1.29, 1.82) is 0 Å². The molecule has 0 aliphatic rings. The van der Waals surface area contributed by atoms with Crippen LogP contribution in [0.1, 0.15) is 16.9 Å². The van der Waals surface area contributed by atoms with E-state index < -0.39 is 5.97 Å². The predicted molar refractivity (Wildman–Crippen MR) is 71.2 cm³/mol. The van der Waals surface area contributed by atoms with Gasteiger partial charge in [0, 0.05) is 31.7 Å². The van der Waals surface area contributed by atoms with Gasteiger partial charge in [-0.2, -0.15) is 0 Å². The Morgan fingerprint density at radius 1 is 1.35 bits per heavy atom. The number of nitrogens with zero attached hydrogens (tertiary/aromatic N) is 3. The van der Waals surface area contributed by atoms with Crippen LogP contribution >= 0.6 is 0 Å². The van der Waals surface area contributed by atoms with Crippen LogP contribution in [0.15, 0.2) is 37.1 Å². The van der Waals surface area contributed by atoms with Crippen LogP contribution in [0.3, 0.4) is 0 Å². The second kappa shape index (κ2) is 6.55. The lowest BCUT2D eigenvalue weighted by Gasteiger charge is -2.08. The Bertz CT molecular complexity index is 574. The molecule has 0 bridgehead atoms. The quantitative estimate of drug-likeness (QED) is 0.724. The number of hydrogen-bond acceptors (Lipinski definition) is 3. The first-order chi connectivity index (χ1) is 9.66. The zero-order chi connectivity index (χ0) is 14.4. The average Bonchev–Trinajstić information content (AvgIpc) is 3.05. The summed E-state index contributed by atoms with van der Waals surface area (Å²) in [4.78, 5) is 26.5. The van der Waals surface area contributed by atoms with Crippen molar-refractivity contribution in [2.24, 2.45) is 0 Å². The number of carboxylic acid groups (broad SMARTS) is 1. The fraction of sp³-hybridized carbons (Fsp3) is 0.308. The van der Waals surface area contributed by atoms with E-state index in [2.05, 4.69) is 10.3 Å². The molecule has 7 heteroatoms. The molecule has 0 atom stereocenters. The first-order valence-corrected chi connectivity index (χ1v) is 6.27. The van der Waals surface area contributed by atoms with Crippen LogP contribution in [-0.4, -0.2) is 37.6 Å². The summed E-state index contributed by atoms with van der Waals surface area (Å²) in [5.41, 5.74) is 0.110. The third kappa shape index (κ3) is 3.71. The molecule has 7 nitrogen and oxygen atoms in total. The van der Waals surface area contributed by atoms with E-state index in [9.17, 15) is 9.59 Å². The fourth-order valence-electron chi connectivity index (χ4n) is 1.87. The van der Waals surface area contributed by atoms with Crippen molar-refractivity contribution in [2.45, 2.75) is 19.5 Å². The molecule has 0 saturated heterocycles. The number of carbonyl (C=O) groups is 2. The zero-order valence-corrected chi connectivity index (χ0v) is 10.9. The fourth-order valence-corrected chi connectivity index (χ4v) is 1.87. The number of aromatic carboxylic acids is 1. The van der Waals surface area contributed by atoms with E-state index in [1.807, 2.05) is 10.8 Å². The summed E-state index contributed by atoms with van der Waals surface area (Å²) < 4.78 is 3.34. The van der Waals surface area contributed by atoms with Crippen molar-refractivity contribution in [3.63, 3.8) is 0 Å². The molecule has 2 aromatic rings. The van der Waals surface area contributed by atoms with Crippen molar-refractivity contribution in [3.8, 4) is 0 Å². The Kier molecular flexibility index (Phi) is 4.54. The van der Waals surface area contributed by atoms with E-state index in [4.69, 9.17) is 5.11 Å². The largest absolute Gasteiger partial charge is 0.477 e. The SMILES string of the molecule is O=C(Cn1cccc1C(=O)O)NCCCn1ccnc1. The molecule has 2 aromatic heterocycles. The summed E-state index contributed by atoms with van der Waals surface area (Å²) in [6, 6.07) is 3.07. The van der Waals surface area contributed by atoms with Crippen LogP contribution in [0.2, 0.25) is 0 Å². The Balaban J connectivity index is 1.72. The number of rotatable bonds is 7. The lowest BCUT2D eigenvalue weighted by atomic mass is 10.4. The molecule has 1 amide bonds. The van der Waals surface area contributed by atoms with Gasteiger partial charge < -0.3 is 19.6 Å². The second-order valence-corrected chi connectivity index (χ2v) is 4.33. The number of aromatic nitrogens is 3. The van der Waals surface area contributed by atoms with Crippen LogP contribution in [0.5, 0.6) is 0 Å². The zero-order valence-electron chi connectivity index (χ0n) is 10.9. The number of nitrogens with one attached hydrogen (secondary N) is 1. The molecule has 0 aliphatic carbocycles. The van der Waals surface area contributed by atoms with Gasteiger partial charge in [-0.25, -0.2) is 9.78 Å². The third-order valence-corrected chi connectivity index (χ3v) is 2.84. The van der Waals surface area contributed by atoms with Gasteiger partial charge in [-0.3, -0.25) is 4.79 Å². The first kappa shape index (κ1) is 13.9. The van der Waals surface area contributed by atoms with E-state index in [1.165, 1.54) is 10.6 Å². The van der Waals surface area contributed by atoms with Crippen LogP contribution in [0, 0.1) is 0 Å². The first-order valence-electron chi connectivity index (χ1n) is 6.27. The molecule has 106 valence electrons. The number of amides is 1. The number of hydrogen-bond donors (Lipinski definition) is 2. The van der Waals surface area contributed by atoms with Crippen LogP contribution < -0.4 is 5.32 Å². The topological polar surface area (TPSA) is 89.1 Å². The van der Waals surface area contributed by atoms with Gasteiger partial charge in [-0.15, -0.1) is 0 Å². The number of carbonyl (C=O) groups excluding carboxylic acids is 1. The summed E-state index contributed by atoms with van der Waals surface area (Å²) >= 11 is 0. The molecule has 0 aliphatic heterocycles. The van der Waals surface area contributed by atoms with Gasteiger partial charge >= 0.3 is 5.97 Å². The predicted octanol–water partition coefficient (Wildman–Crippen LogP) is 0.589. The summed E-state index contributed by atoms with van der Waals surface area (Å²) in [6.45, 7) is 1.34. The molecule has 0 saturated carbocycles. The van der Waals surface area contributed by atoms with E-state index in [1.54, 1.807) is 24.8 Å². The van der Waals surface area contributed by atoms with E-state index in [0.29, 0.717) is 6.54 Å². The molecule has 2 N–H and O–H groups in total. The monoisotopic (exact) mass is 276 g/mol. The second-order valence-electron chi connectivity index (χ2n) is 4.33. The lowest BCUT2D eigenvalue weighted by Crippen LogP contribution is -2.29. The van der Waals surface area contributed by atoms with Crippen LogP contribution in [0.25, 0.3) is 0 Å². The molecular weight excluding hydrogens is 260 g/mol. The Hall–Kier alpha value is -2.57. The summed E-state index contributed by atoms with van der Waals surface area (Å²) in [7, 11) is 0. The molecule has 0 spiro atoms. The van der Waals surface area contributed by atoms with Gasteiger partial charge in [0.25, 0.3) is 0 Å². The van der Waals surface area contributed by atoms with Gasteiger partial charge in [0.15, 0.2) is 0 Å². The van der Waals surface area contributed by atoms with Gasteiger partial charge in [0.1, 0.15) is 12.2 Å².